The van der Waals surface area contributed by atoms with Crippen LogP contribution in [-0.2, 0) is 22.0 Å². The molecule has 0 amide bonds. The summed E-state index contributed by atoms with van der Waals surface area (Å²) in [5, 5.41) is 0. The molecule has 0 fully saturated rings. The minimum absolute atomic E-state index is 0.0855. The molecule has 0 bridgehead atoms. The molecule has 2 heterocycles. The van der Waals surface area contributed by atoms with Crippen LogP contribution in [0, 0.1) is 0 Å². The molecule has 1 aromatic rings. The molecule has 3 N–H and O–H groups in total. The molecular weight excluding hydrogens is 204 g/mol. The molecule has 1 aliphatic heterocycles. The fraction of sp³-hybridized carbons (Fsp3) is 0.375. The van der Waals surface area contributed by atoms with Crippen molar-refractivity contribution in [1.82, 2.24) is 4.98 Å². The summed E-state index contributed by atoms with van der Waals surface area (Å²) in [4.78, 5) is 13.6. The maximum atomic E-state index is 11.3. The Morgan fingerprint density at radius 1 is 1.43 bits per heavy atom. The third kappa shape index (κ3) is 1.52. The molecule has 0 radical (unpaired) electrons. The first kappa shape index (κ1) is 9.26. The number of nitrogen functional groups attached to an aromatic ring is 1. The highest BCUT2D eigenvalue weighted by molar-refractivity contribution is 7.90. The minimum Gasteiger partial charge on any atom is -0.394 e. The third-order valence-electron chi connectivity index (χ3n) is 2.29. The zero-order chi connectivity index (χ0) is 10.3. The van der Waals surface area contributed by atoms with E-state index in [1.807, 2.05) is 0 Å². The smallest absolute Gasteiger partial charge is 0.271 e. The topological polar surface area (TPSA) is 93.0 Å². The zero-order valence-electron chi connectivity index (χ0n) is 7.41. The van der Waals surface area contributed by atoms with E-state index in [4.69, 9.17) is 5.73 Å². The SMILES string of the molecule is Nc1cc2c([nH]c1=O)CS(=O)(=O)CC2. The summed E-state index contributed by atoms with van der Waals surface area (Å²) in [6.45, 7) is 0. The summed E-state index contributed by atoms with van der Waals surface area (Å²) in [6, 6.07) is 1.56. The lowest BCUT2D eigenvalue weighted by Crippen LogP contribution is -2.24. The second kappa shape index (κ2) is 2.84. The highest BCUT2D eigenvalue weighted by atomic mass is 32.2. The summed E-state index contributed by atoms with van der Waals surface area (Å²) >= 11 is 0. The van der Waals surface area contributed by atoms with Crippen LogP contribution >= 0.6 is 0 Å². The Kier molecular flexibility index (Phi) is 1.88. The van der Waals surface area contributed by atoms with Crippen molar-refractivity contribution in [2.75, 3.05) is 11.5 Å². The number of hydrogen-bond donors (Lipinski definition) is 2. The normalized spacial score (nSPS) is 18.9. The molecule has 0 unspecified atom stereocenters. The Morgan fingerprint density at radius 3 is 2.86 bits per heavy atom. The monoisotopic (exact) mass is 214 g/mol. The number of aromatic amines is 1. The van der Waals surface area contributed by atoms with Crippen molar-refractivity contribution in [2.24, 2.45) is 0 Å². The first-order chi connectivity index (χ1) is 6.48. The number of nitrogens with one attached hydrogen (secondary N) is 1. The Morgan fingerprint density at radius 2 is 2.14 bits per heavy atom. The van der Waals surface area contributed by atoms with Gasteiger partial charge in [-0.2, -0.15) is 0 Å². The lowest BCUT2D eigenvalue weighted by atomic mass is 10.1. The summed E-state index contributed by atoms with van der Waals surface area (Å²) in [5.41, 5.74) is 6.46. The van der Waals surface area contributed by atoms with Crippen LogP contribution in [0.2, 0.25) is 0 Å². The first-order valence-electron chi connectivity index (χ1n) is 4.19. The van der Waals surface area contributed by atoms with Gasteiger partial charge in [-0.3, -0.25) is 4.79 Å². The maximum absolute atomic E-state index is 11.3. The fourth-order valence-electron chi connectivity index (χ4n) is 1.54. The molecule has 14 heavy (non-hydrogen) atoms. The van der Waals surface area contributed by atoms with Crippen molar-refractivity contribution in [1.29, 1.82) is 0 Å². The average Bonchev–Trinajstić information content (AvgIpc) is 2.07. The van der Waals surface area contributed by atoms with Crippen LogP contribution in [0.4, 0.5) is 5.69 Å². The van der Waals surface area contributed by atoms with E-state index >= 15 is 0 Å². The predicted octanol–water partition coefficient (Wildman–Crippen LogP) is -0.572. The van der Waals surface area contributed by atoms with E-state index in [2.05, 4.69) is 4.98 Å². The number of sulfone groups is 1. The van der Waals surface area contributed by atoms with Crippen LogP contribution in [0.25, 0.3) is 0 Å². The highest BCUT2D eigenvalue weighted by Gasteiger charge is 2.22. The van der Waals surface area contributed by atoms with Gasteiger partial charge in [0.15, 0.2) is 9.84 Å². The summed E-state index contributed by atoms with van der Waals surface area (Å²) in [5.74, 6) is 0.0450. The molecule has 0 aliphatic carbocycles. The number of aryl methyl sites for hydroxylation is 1. The van der Waals surface area contributed by atoms with Gasteiger partial charge in [0.1, 0.15) is 0 Å². The predicted molar refractivity (Wildman–Crippen MR) is 52.7 cm³/mol. The van der Waals surface area contributed by atoms with Gasteiger partial charge in [-0.1, -0.05) is 0 Å². The van der Waals surface area contributed by atoms with E-state index < -0.39 is 15.4 Å². The van der Waals surface area contributed by atoms with Crippen molar-refractivity contribution in [2.45, 2.75) is 12.2 Å². The number of nitrogens with two attached hydrogens (primary N) is 1. The summed E-state index contributed by atoms with van der Waals surface area (Å²) in [7, 11) is -3.04. The lowest BCUT2D eigenvalue weighted by molar-refractivity contribution is 0.590. The number of pyridine rings is 1. The van der Waals surface area contributed by atoms with Gasteiger partial charge in [0.05, 0.1) is 17.2 Å². The van der Waals surface area contributed by atoms with Gasteiger partial charge in [0.25, 0.3) is 5.56 Å². The molecule has 5 nitrogen and oxygen atoms in total. The third-order valence-corrected chi connectivity index (χ3v) is 3.85. The number of anilines is 1. The van der Waals surface area contributed by atoms with Gasteiger partial charge in [0.2, 0.25) is 0 Å². The highest BCUT2D eigenvalue weighted by Crippen LogP contribution is 2.18. The Balaban J connectivity index is 2.59. The quantitative estimate of drug-likeness (QED) is 0.604. The maximum Gasteiger partial charge on any atom is 0.271 e. The van der Waals surface area contributed by atoms with Crippen LogP contribution in [-0.4, -0.2) is 19.2 Å². The Hall–Kier alpha value is -1.30. The number of rotatable bonds is 0. The molecule has 2 rings (SSSR count). The summed E-state index contributed by atoms with van der Waals surface area (Å²) in [6.07, 6.45) is 0.429. The zero-order valence-corrected chi connectivity index (χ0v) is 8.23. The molecule has 0 atom stereocenters. The van der Waals surface area contributed by atoms with Crippen molar-refractivity contribution in [3.05, 3.63) is 27.7 Å². The number of aromatic nitrogens is 1. The van der Waals surface area contributed by atoms with Crippen LogP contribution in [0.3, 0.4) is 0 Å². The lowest BCUT2D eigenvalue weighted by Gasteiger charge is -2.15. The van der Waals surface area contributed by atoms with E-state index in [1.54, 1.807) is 6.07 Å². The van der Waals surface area contributed by atoms with Crippen LogP contribution in [0.1, 0.15) is 11.3 Å². The van der Waals surface area contributed by atoms with E-state index in [0.717, 1.165) is 5.56 Å². The van der Waals surface area contributed by atoms with E-state index in [-0.39, 0.29) is 17.2 Å². The molecule has 1 aromatic heterocycles. The number of hydrogen-bond acceptors (Lipinski definition) is 4. The molecule has 0 aromatic carbocycles. The number of fused-ring (bicyclic) bond motifs is 1. The van der Waals surface area contributed by atoms with Gasteiger partial charge in [-0.15, -0.1) is 0 Å². The molecule has 0 saturated heterocycles. The fourth-order valence-corrected chi connectivity index (χ4v) is 2.91. The van der Waals surface area contributed by atoms with Gasteiger partial charge < -0.3 is 10.7 Å². The van der Waals surface area contributed by atoms with Gasteiger partial charge in [-0.05, 0) is 18.1 Å². The minimum atomic E-state index is -3.04. The molecule has 6 heteroatoms. The Labute approximate surface area is 80.9 Å². The van der Waals surface area contributed by atoms with Crippen molar-refractivity contribution < 1.29 is 8.42 Å². The van der Waals surface area contributed by atoms with Crippen molar-refractivity contribution in [3.8, 4) is 0 Å². The molecular formula is C8H10N2O3S. The van der Waals surface area contributed by atoms with Gasteiger partial charge in [0, 0.05) is 5.69 Å². The van der Waals surface area contributed by atoms with Crippen molar-refractivity contribution in [3.63, 3.8) is 0 Å². The largest absolute Gasteiger partial charge is 0.394 e. The summed E-state index contributed by atoms with van der Waals surface area (Å²) < 4.78 is 22.5. The van der Waals surface area contributed by atoms with E-state index in [0.29, 0.717) is 12.1 Å². The van der Waals surface area contributed by atoms with Gasteiger partial charge >= 0.3 is 0 Å². The van der Waals surface area contributed by atoms with Crippen molar-refractivity contribution >= 4 is 15.5 Å². The van der Waals surface area contributed by atoms with Crippen LogP contribution in [0.5, 0.6) is 0 Å². The Bertz CT molecular complexity index is 530. The average molecular weight is 214 g/mol. The van der Waals surface area contributed by atoms with Gasteiger partial charge in [-0.25, -0.2) is 8.42 Å². The molecule has 0 saturated carbocycles. The number of H-pyrrole nitrogens is 1. The van der Waals surface area contributed by atoms with Crippen LogP contribution in [0.15, 0.2) is 10.9 Å². The molecule has 1 aliphatic rings. The second-order valence-corrected chi connectivity index (χ2v) is 5.58. The molecule has 0 spiro atoms. The molecule has 76 valence electrons. The van der Waals surface area contributed by atoms with E-state index in [1.165, 1.54) is 0 Å². The van der Waals surface area contributed by atoms with Crippen LogP contribution < -0.4 is 11.3 Å². The standard InChI is InChI=1S/C8H10N2O3S/c9-6-3-5-1-2-14(12,13)4-7(5)10-8(6)11/h3H,1-2,4,9H2,(H,10,11). The second-order valence-electron chi connectivity index (χ2n) is 3.40. The first-order valence-corrected chi connectivity index (χ1v) is 6.01. The van der Waals surface area contributed by atoms with E-state index in [9.17, 15) is 13.2 Å².